The fraction of sp³-hybridized carbons (Fsp3) is 0.391. The lowest BCUT2D eigenvalue weighted by molar-refractivity contribution is -0.123. The molecule has 0 bridgehead atoms. The number of amides is 1. The molecule has 1 saturated heterocycles. The van der Waals surface area contributed by atoms with Crippen molar-refractivity contribution in [3.8, 4) is 0 Å². The molecule has 0 N–H and O–H groups in total. The third-order valence-corrected chi connectivity index (χ3v) is 9.11. The number of carbonyl (C=O) groups excluding carboxylic acids is 1. The molecule has 3 aromatic rings. The molecule has 35 heavy (non-hydrogen) atoms. The minimum absolute atomic E-state index is 0.0259. The summed E-state index contributed by atoms with van der Waals surface area (Å²) in [5.74, 6) is -2.09. The van der Waals surface area contributed by atoms with Crippen molar-refractivity contribution in [1.82, 2.24) is 14.2 Å². The summed E-state index contributed by atoms with van der Waals surface area (Å²) >= 11 is 6.93. The Morgan fingerprint density at radius 3 is 2.43 bits per heavy atom. The Morgan fingerprint density at radius 1 is 1.14 bits per heavy atom. The monoisotopic (exact) mass is 542 g/mol. The second-order valence-electron chi connectivity index (χ2n) is 8.66. The predicted octanol–water partition coefficient (Wildman–Crippen LogP) is 4.22. The van der Waals surface area contributed by atoms with Gasteiger partial charge in [-0.3, -0.25) is 9.69 Å². The van der Waals surface area contributed by atoms with Crippen LogP contribution in [0.15, 0.2) is 41.3 Å². The highest BCUT2D eigenvalue weighted by atomic mass is 35.5. The number of halogens is 3. The summed E-state index contributed by atoms with van der Waals surface area (Å²) in [6, 6.07) is 7.96. The molecule has 0 aliphatic carbocycles. The van der Waals surface area contributed by atoms with Gasteiger partial charge in [0.2, 0.25) is 15.9 Å². The van der Waals surface area contributed by atoms with E-state index >= 15 is 0 Å². The highest BCUT2D eigenvalue weighted by Gasteiger charge is 2.35. The Hall–Kier alpha value is -2.18. The molecule has 0 spiro atoms. The fourth-order valence-corrected chi connectivity index (χ4v) is 6.61. The number of benzene rings is 2. The van der Waals surface area contributed by atoms with Crippen molar-refractivity contribution in [2.75, 3.05) is 45.2 Å². The quantitative estimate of drug-likeness (QED) is 0.447. The first-order valence-corrected chi connectivity index (χ1v) is 13.7. The highest BCUT2D eigenvalue weighted by Crippen LogP contribution is 2.33. The van der Waals surface area contributed by atoms with E-state index in [1.807, 2.05) is 19.0 Å². The van der Waals surface area contributed by atoms with Crippen LogP contribution in [0, 0.1) is 17.6 Å². The van der Waals surface area contributed by atoms with E-state index in [1.165, 1.54) is 39.5 Å². The van der Waals surface area contributed by atoms with Crippen molar-refractivity contribution in [2.24, 2.45) is 5.92 Å². The first kappa shape index (κ1) is 25.9. The molecular formula is C23H25ClF2N4O3S2. The largest absolute Gasteiger partial charge is 0.308 e. The summed E-state index contributed by atoms with van der Waals surface area (Å²) in [6.45, 7) is 1.26. The molecule has 1 amide bonds. The van der Waals surface area contributed by atoms with Crippen LogP contribution in [0.2, 0.25) is 5.02 Å². The molecule has 188 valence electrons. The lowest BCUT2D eigenvalue weighted by atomic mass is 9.96. The molecule has 2 heterocycles. The van der Waals surface area contributed by atoms with Gasteiger partial charge in [0.15, 0.2) is 10.9 Å². The average molecular weight is 543 g/mol. The lowest BCUT2D eigenvalue weighted by Crippen LogP contribution is -2.46. The fourth-order valence-electron chi connectivity index (χ4n) is 3.98. The molecule has 2 aromatic carbocycles. The maximum atomic E-state index is 14.2. The van der Waals surface area contributed by atoms with Crippen molar-refractivity contribution in [3.05, 3.63) is 53.1 Å². The summed E-state index contributed by atoms with van der Waals surface area (Å²) in [6.07, 6.45) is 0.690. The Kier molecular flexibility index (Phi) is 7.72. The summed E-state index contributed by atoms with van der Waals surface area (Å²) in [4.78, 5) is 21.4. The van der Waals surface area contributed by atoms with Crippen LogP contribution in [0.3, 0.4) is 0 Å². The Balaban J connectivity index is 1.52. The van der Waals surface area contributed by atoms with Gasteiger partial charge < -0.3 is 4.90 Å². The number of sulfonamides is 1. The van der Waals surface area contributed by atoms with Gasteiger partial charge in [-0.15, -0.1) is 0 Å². The smallest absolute Gasteiger partial charge is 0.243 e. The summed E-state index contributed by atoms with van der Waals surface area (Å²) in [7, 11) is 0.0501. The van der Waals surface area contributed by atoms with E-state index in [2.05, 4.69) is 4.98 Å². The zero-order chi connectivity index (χ0) is 25.3. The van der Waals surface area contributed by atoms with E-state index in [0.717, 1.165) is 17.4 Å². The Morgan fingerprint density at radius 2 is 1.80 bits per heavy atom. The molecule has 0 radical (unpaired) electrons. The predicted molar refractivity (Wildman–Crippen MR) is 133 cm³/mol. The number of carbonyl (C=O) groups is 1. The Labute approximate surface area is 212 Å². The molecular weight excluding hydrogens is 518 g/mol. The van der Waals surface area contributed by atoms with Crippen LogP contribution in [0.4, 0.5) is 13.9 Å². The first-order valence-electron chi connectivity index (χ1n) is 11.0. The maximum Gasteiger partial charge on any atom is 0.243 e. The van der Waals surface area contributed by atoms with Crippen LogP contribution in [0.25, 0.3) is 10.2 Å². The number of anilines is 1. The second kappa shape index (κ2) is 10.4. The minimum atomic E-state index is -3.69. The molecule has 1 aliphatic heterocycles. The van der Waals surface area contributed by atoms with Crippen molar-refractivity contribution in [2.45, 2.75) is 17.7 Å². The molecule has 4 rings (SSSR count). The third-order valence-electron chi connectivity index (χ3n) is 5.92. The van der Waals surface area contributed by atoms with Crippen molar-refractivity contribution >= 4 is 54.2 Å². The van der Waals surface area contributed by atoms with Gasteiger partial charge in [-0.05, 0) is 57.3 Å². The van der Waals surface area contributed by atoms with E-state index in [0.29, 0.717) is 40.8 Å². The van der Waals surface area contributed by atoms with Gasteiger partial charge in [0.05, 0.1) is 9.60 Å². The Bertz CT molecular complexity index is 1320. The van der Waals surface area contributed by atoms with Crippen LogP contribution in [0.1, 0.15) is 12.8 Å². The van der Waals surface area contributed by atoms with Crippen LogP contribution in [0.5, 0.6) is 0 Å². The van der Waals surface area contributed by atoms with Gasteiger partial charge in [0, 0.05) is 43.2 Å². The number of rotatable bonds is 7. The number of aromatic nitrogens is 1. The van der Waals surface area contributed by atoms with Crippen LogP contribution < -0.4 is 4.90 Å². The topological polar surface area (TPSA) is 73.8 Å². The van der Waals surface area contributed by atoms with Crippen LogP contribution >= 0.6 is 22.9 Å². The molecule has 1 aromatic heterocycles. The average Bonchev–Trinajstić information content (AvgIpc) is 3.23. The highest BCUT2D eigenvalue weighted by molar-refractivity contribution is 7.89. The number of nitrogens with zero attached hydrogens (tertiary/aromatic N) is 4. The molecule has 1 aliphatic rings. The number of hydrogen-bond donors (Lipinski definition) is 0. The maximum absolute atomic E-state index is 14.2. The first-order chi connectivity index (χ1) is 16.6. The zero-order valence-electron chi connectivity index (χ0n) is 19.2. The van der Waals surface area contributed by atoms with Gasteiger partial charge in [-0.25, -0.2) is 22.2 Å². The van der Waals surface area contributed by atoms with E-state index < -0.39 is 27.6 Å². The SMILES string of the molecule is CN(C)CCN(C(=O)C1CCN(S(=O)(=O)c2ccc(Cl)cc2)CC1)c1nc2c(F)cc(F)cc2s1. The number of piperidine rings is 1. The van der Waals surface area contributed by atoms with Gasteiger partial charge in [0.25, 0.3) is 0 Å². The molecule has 12 heteroatoms. The zero-order valence-corrected chi connectivity index (χ0v) is 21.6. The number of thiazole rings is 1. The standard InChI is InChI=1S/C23H25ClF2N4O3S2/c1-28(2)11-12-30(23-27-21-19(26)13-17(25)14-20(21)34-23)22(31)15-7-9-29(10-8-15)35(32,33)18-5-3-16(24)4-6-18/h3-6,13-15H,7-12H2,1-2H3. The van der Waals surface area contributed by atoms with Crippen molar-refractivity contribution < 1.29 is 22.0 Å². The summed E-state index contributed by atoms with van der Waals surface area (Å²) in [5.41, 5.74) is 0.0259. The number of fused-ring (bicyclic) bond motifs is 1. The lowest BCUT2D eigenvalue weighted by Gasteiger charge is -2.33. The molecule has 7 nitrogen and oxygen atoms in total. The van der Waals surface area contributed by atoms with Crippen LogP contribution in [-0.2, 0) is 14.8 Å². The second-order valence-corrected chi connectivity index (χ2v) is 12.0. The molecule has 1 fully saturated rings. The van der Waals surface area contributed by atoms with Crippen molar-refractivity contribution in [1.29, 1.82) is 0 Å². The van der Waals surface area contributed by atoms with Gasteiger partial charge in [-0.2, -0.15) is 4.31 Å². The van der Waals surface area contributed by atoms with E-state index in [9.17, 15) is 22.0 Å². The number of hydrogen-bond acceptors (Lipinski definition) is 6. The van der Waals surface area contributed by atoms with Crippen LogP contribution in [-0.4, -0.2) is 68.8 Å². The van der Waals surface area contributed by atoms with Gasteiger partial charge in [0.1, 0.15) is 11.3 Å². The minimum Gasteiger partial charge on any atom is -0.308 e. The molecule has 0 atom stereocenters. The summed E-state index contributed by atoms with van der Waals surface area (Å²) in [5, 5.41) is 0.746. The summed E-state index contributed by atoms with van der Waals surface area (Å²) < 4.78 is 55.6. The number of likely N-dealkylation sites (N-methyl/N-ethyl adjacent to an activating group) is 1. The van der Waals surface area contributed by atoms with E-state index in [-0.39, 0.29) is 29.4 Å². The van der Waals surface area contributed by atoms with Gasteiger partial charge in [-0.1, -0.05) is 22.9 Å². The molecule has 0 saturated carbocycles. The van der Waals surface area contributed by atoms with E-state index in [1.54, 1.807) is 0 Å². The van der Waals surface area contributed by atoms with Gasteiger partial charge >= 0.3 is 0 Å². The van der Waals surface area contributed by atoms with Crippen molar-refractivity contribution in [3.63, 3.8) is 0 Å². The third kappa shape index (κ3) is 5.64. The van der Waals surface area contributed by atoms with E-state index in [4.69, 9.17) is 11.6 Å². The normalized spacial score (nSPS) is 15.7. The molecule has 0 unspecified atom stereocenters.